The minimum Gasteiger partial charge on any atom is -0.374 e. The van der Waals surface area contributed by atoms with Crippen molar-refractivity contribution in [3.05, 3.63) is 0 Å². The van der Waals surface area contributed by atoms with Gasteiger partial charge in [-0.1, -0.05) is 0 Å². The largest absolute Gasteiger partial charge is 0.374 e. The number of hydrogen-bond acceptors (Lipinski definition) is 2. The molecule has 0 aromatic carbocycles. The van der Waals surface area contributed by atoms with Gasteiger partial charge in [-0.2, -0.15) is 0 Å². The molecule has 0 aromatic heterocycles. The van der Waals surface area contributed by atoms with Crippen LogP contribution in [0.4, 0.5) is 0 Å². The molecule has 1 aliphatic carbocycles. The summed E-state index contributed by atoms with van der Waals surface area (Å²) in [5.74, 6) is 0. The number of hydrogen-bond donors (Lipinski definition) is 0. The van der Waals surface area contributed by atoms with Crippen LogP contribution in [0.5, 0.6) is 0 Å². The smallest absolute Gasteiger partial charge is 0.0720 e. The molecule has 0 radical (unpaired) electrons. The fourth-order valence-corrected chi connectivity index (χ4v) is 2.49. The summed E-state index contributed by atoms with van der Waals surface area (Å²) in [4.78, 5) is 2.57. The van der Waals surface area contributed by atoms with Crippen LogP contribution in [0.3, 0.4) is 0 Å². The molecular formula is C12H23NO. The first-order valence-electron chi connectivity index (χ1n) is 5.89. The zero-order chi connectivity index (χ0) is 10.3. The third-order valence-corrected chi connectivity index (χ3v) is 3.31. The van der Waals surface area contributed by atoms with Gasteiger partial charge in [-0.05, 0) is 47.0 Å². The quantitative estimate of drug-likeness (QED) is 0.674. The van der Waals surface area contributed by atoms with Crippen LogP contribution in [0.25, 0.3) is 0 Å². The molecule has 2 atom stereocenters. The lowest BCUT2D eigenvalue weighted by Gasteiger charge is -2.35. The van der Waals surface area contributed by atoms with Gasteiger partial charge in [0.05, 0.1) is 12.2 Å². The molecule has 2 unspecified atom stereocenters. The number of nitrogens with zero attached hydrogens (tertiary/aromatic N) is 1. The lowest BCUT2D eigenvalue weighted by molar-refractivity contribution is 0.0366. The molecule has 2 aliphatic rings. The maximum atomic E-state index is 5.98. The van der Waals surface area contributed by atoms with E-state index < -0.39 is 0 Å². The fraction of sp³-hybridized carbons (Fsp3) is 1.00. The summed E-state index contributed by atoms with van der Waals surface area (Å²) in [6.07, 6.45) is 4.90. The molecule has 2 rings (SSSR count). The second kappa shape index (κ2) is 3.49. The molecule has 82 valence electrons. The van der Waals surface area contributed by atoms with E-state index in [-0.39, 0.29) is 0 Å². The molecule has 1 heterocycles. The molecule has 1 aliphatic heterocycles. The van der Waals surface area contributed by atoms with Crippen LogP contribution in [0.15, 0.2) is 0 Å². The van der Waals surface area contributed by atoms with Crippen molar-refractivity contribution in [3.8, 4) is 0 Å². The monoisotopic (exact) mass is 197 g/mol. The first-order valence-corrected chi connectivity index (χ1v) is 5.89. The third-order valence-electron chi connectivity index (χ3n) is 3.31. The lowest BCUT2D eigenvalue weighted by atomic mass is 10.1. The van der Waals surface area contributed by atoms with E-state index in [1.807, 2.05) is 0 Å². The van der Waals surface area contributed by atoms with E-state index in [0.29, 0.717) is 23.8 Å². The molecule has 0 bridgehead atoms. The first kappa shape index (κ1) is 10.4. The number of likely N-dealkylation sites (tertiary alicyclic amines) is 1. The molecule has 2 heteroatoms. The standard InChI is InChI=1S/C12H23NO/c1-9-7-11(14-10-5-6-10)8-13(9)12(2,3)4/h9-11H,5-8H2,1-4H3. The minimum absolute atomic E-state index is 0.293. The van der Waals surface area contributed by atoms with Gasteiger partial charge in [-0.15, -0.1) is 0 Å². The van der Waals surface area contributed by atoms with Crippen LogP contribution < -0.4 is 0 Å². The molecule has 2 nitrogen and oxygen atoms in total. The van der Waals surface area contributed by atoms with Crippen LogP contribution in [-0.4, -0.2) is 35.2 Å². The van der Waals surface area contributed by atoms with Crippen LogP contribution in [-0.2, 0) is 4.74 Å². The second-order valence-corrected chi connectivity index (χ2v) is 5.87. The molecule has 2 fully saturated rings. The van der Waals surface area contributed by atoms with Crippen molar-refractivity contribution in [1.29, 1.82) is 0 Å². The van der Waals surface area contributed by atoms with Gasteiger partial charge in [-0.25, -0.2) is 0 Å². The molecule has 0 amide bonds. The molecule has 1 saturated carbocycles. The van der Waals surface area contributed by atoms with Crippen molar-refractivity contribution in [2.75, 3.05) is 6.54 Å². The maximum absolute atomic E-state index is 5.98. The van der Waals surface area contributed by atoms with Gasteiger partial charge < -0.3 is 4.74 Å². The van der Waals surface area contributed by atoms with Gasteiger partial charge in [0.15, 0.2) is 0 Å². The Morgan fingerprint density at radius 3 is 2.21 bits per heavy atom. The van der Waals surface area contributed by atoms with E-state index in [2.05, 4.69) is 32.6 Å². The molecule has 1 saturated heterocycles. The predicted molar refractivity (Wildman–Crippen MR) is 58.4 cm³/mol. The van der Waals surface area contributed by atoms with E-state index in [9.17, 15) is 0 Å². The van der Waals surface area contributed by atoms with E-state index >= 15 is 0 Å². The summed E-state index contributed by atoms with van der Waals surface area (Å²) >= 11 is 0. The van der Waals surface area contributed by atoms with Gasteiger partial charge in [0.2, 0.25) is 0 Å². The van der Waals surface area contributed by atoms with Crippen molar-refractivity contribution in [3.63, 3.8) is 0 Å². The maximum Gasteiger partial charge on any atom is 0.0720 e. The van der Waals surface area contributed by atoms with Crippen LogP contribution >= 0.6 is 0 Å². The Morgan fingerprint density at radius 1 is 1.14 bits per heavy atom. The first-order chi connectivity index (χ1) is 6.47. The van der Waals surface area contributed by atoms with E-state index in [4.69, 9.17) is 4.74 Å². The molecule has 0 N–H and O–H groups in total. The average Bonchev–Trinajstić information content (AvgIpc) is 2.73. The zero-order valence-corrected chi connectivity index (χ0v) is 9.92. The summed E-state index contributed by atoms with van der Waals surface area (Å²) < 4.78 is 5.98. The van der Waals surface area contributed by atoms with Crippen LogP contribution in [0, 0.1) is 0 Å². The van der Waals surface area contributed by atoms with E-state index in [1.54, 1.807) is 0 Å². The molecular weight excluding hydrogens is 174 g/mol. The Labute approximate surface area is 87.6 Å². The Kier molecular flexibility index (Phi) is 2.61. The third kappa shape index (κ3) is 2.29. The van der Waals surface area contributed by atoms with Gasteiger partial charge in [0.1, 0.15) is 0 Å². The normalized spacial score (nSPS) is 35.1. The highest BCUT2D eigenvalue weighted by atomic mass is 16.5. The lowest BCUT2D eigenvalue weighted by Crippen LogP contribution is -2.43. The van der Waals surface area contributed by atoms with Crippen LogP contribution in [0.2, 0.25) is 0 Å². The summed E-state index contributed by atoms with van der Waals surface area (Å²) in [5.41, 5.74) is 0.293. The summed E-state index contributed by atoms with van der Waals surface area (Å²) in [7, 11) is 0. The second-order valence-electron chi connectivity index (χ2n) is 5.87. The predicted octanol–water partition coefficient (Wildman–Crippen LogP) is 2.43. The summed E-state index contributed by atoms with van der Waals surface area (Å²) in [6, 6.07) is 0.679. The molecule has 0 aromatic rings. The highest BCUT2D eigenvalue weighted by Crippen LogP contribution is 2.32. The van der Waals surface area contributed by atoms with Gasteiger partial charge in [0.25, 0.3) is 0 Å². The van der Waals surface area contributed by atoms with E-state index in [0.717, 1.165) is 6.54 Å². The van der Waals surface area contributed by atoms with Crippen molar-refractivity contribution in [2.24, 2.45) is 0 Å². The van der Waals surface area contributed by atoms with Crippen molar-refractivity contribution < 1.29 is 4.74 Å². The summed E-state index contributed by atoms with van der Waals surface area (Å²) in [6.45, 7) is 10.3. The molecule has 14 heavy (non-hydrogen) atoms. The van der Waals surface area contributed by atoms with Gasteiger partial charge >= 0.3 is 0 Å². The van der Waals surface area contributed by atoms with E-state index in [1.165, 1.54) is 19.3 Å². The number of rotatable bonds is 2. The minimum atomic E-state index is 0.293. The summed E-state index contributed by atoms with van der Waals surface area (Å²) in [5, 5.41) is 0. The Bertz CT molecular complexity index is 205. The fourth-order valence-electron chi connectivity index (χ4n) is 2.49. The van der Waals surface area contributed by atoms with Crippen LogP contribution in [0.1, 0.15) is 47.0 Å². The average molecular weight is 197 g/mol. The Hall–Kier alpha value is -0.0800. The van der Waals surface area contributed by atoms with Gasteiger partial charge in [0, 0.05) is 18.1 Å². The van der Waals surface area contributed by atoms with Gasteiger partial charge in [-0.3, -0.25) is 4.90 Å². The Morgan fingerprint density at radius 2 is 1.79 bits per heavy atom. The number of ether oxygens (including phenoxy) is 1. The zero-order valence-electron chi connectivity index (χ0n) is 9.92. The Balaban J connectivity index is 1.89. The molecule has 0 spiro atoms. The SMILES string of the molecule is CC1CC(OC2CC2)CN1C(C)(C)C. The topological polar surface area (TPSA) is 12.5 Å². The van der Waals surface area contributed by atoms with Crippen molar-refractivity contribution >= 4 is 0 Å². The van der Waals surface area contributed by atoms with Crippen molar-refractivity contribution in [2.45, 2.75) is 70.7 Å². The van der Waals surface area contributed by atoms with Crippen molar-refractivity contribution in [1.82, 2.24) is 4.90 Å². The highest BCUT2D eigenvalue weighted by molar-refractivity contribution is 4.92. The highest BCUT2D eigenvalue weighted by Gasteiger charge is 2.38.